The molecule has 1 aliphatic heterocycles. The van der Waals surface area contributed by atoms with Gasteiger partial charge in [0.1, 0.15) is 12.2 Å². The highest BCUT2D eigenvalue weighted by Gasteiger charge is 2.23. The predicted molar refractivity (Wildman–Crippen MR) is 94.5 cm³/mol. The number of hydrogen-bond donors (Lipinski definition) is 1. The molecule has 25 heavy (non-hydrogen) atoms. The van der Waals surface area contributed by atoms with Crippen LogP contribution in [0.4, 0.5) is 0 Å². The zero-order valence-corrected chi connectivity index (χ0v) is 15.1. The fourth-order valence-corrected chi connectivity index (χ4v) is 3.07. The van der Waals surface area contributed by atoms with E-state index < -0.39 is 0 Å². The van der Waals surface area contributed by atoms with Crippen LogP contribution in [-0.2, 0) is 9.59 Å². The molecule has 0 unspecified atom stereocenters. The van der Waals surface area contributed by atoms with Gasteiger partial charge in [-0.15, -0.1) is 0 Å². The third kappa shape index (κ3) is 6.11. The number of carbonyl (C=O) groups excluding carboxylic acids is 2. The maximum Gasteiger partial charge on any atom is 0.260 e. The number of likely N-dealkylation sites (tertiary alicyclic amines) is 1. The van der Waals surface area contributed by atoms with Crippen molar-refractivity contribution < 1.29 is 14.3 Å². The van der Waals surface area contributed by atoms with Crippen LogP contribution in [0.1, 0.15) is 19.3 Å². The molecule has 1 fully saturated rings. The first kappa shape index (κ1) is 19.4. The quantitative estimate of drug-likeness (QED) is 0.818. The normalized spacial score (nSPS) is 14.7. The second-order valence-corrected chi connectivity index (χ2v) is 6.67. The van der Waals surface area contributed by atoms with Crippen molar-refractivity contribution in [2.24, 2.45) is 5.92 Å². The van der Waals surface area contributed by atoms with Crippen LogP contribution in [0.5, 0.6) is 5.75 Å². The minimum Gasteiger partial charge on any atom is -0.482 e. The summed E-state index contributed by atoms with van der Waals surface area (Å²) in [4.78, 5) is 25.3. The number of carbonyl (C=O) groups is 2. The lowest BCUT2D eigenvalue weighted by molar-refractivity contribution is -0.135. The van der Waals surface area contributed by atoms with Gasteiger partial charge in [-0.3, -0.25) is 9.59 Å². The van der Waals surface area contributed by atoms with Crippen molar-refractivity contribution >= 4 is 35.0 Å². The van der Waals surface area contributed by atoms with E-state index >= 15 is 0 Å². The SMILES string of the molecule is N#CCC(=O)NCC1CCN(C(=O)COc2ccc(Cl)cc2Cl)CC1. The van der Waals surface area contributed by atoms with E-state index in [-0.39, 0.29) is 24.8 Å². The number of nitrogens with one attached hydrogen (secondary N) is 1. The van der Waals surface area contributed by atoms with Crippen molar-refractivity contribution in [2.45, 2.75) is 19.3 Å². The molecule has 1 N–H and O–H groups in total. The van der Waals surface area contributed by atoms with E-state index in [1.165, 1.54) is 0 Å². The molecule has 2 amide bonds. The standard InChI is InChI=1S/C17H19Cl2N3O3/c18-13-1-2-15(14(19)9-13)25-11-17(24)22-7-4-12(5-8-22)10-21-16(23)3-6-20/h1-2,9,12H,3-5,7-8,10-11H2,(H,21,23). The molecule has 2 rings (SSSR count). The summed E-state index contributed by atoms with van der Waals surface area (Å²) in [6.07, 6.45) is 1.49. The van der Waals surface area contributed by atoms with E-state index in [0.717, 1.165) is 12.8 Å². The van der Waals surface area contributed by atoms with Crippen molar-refractivity contribution in [3.05, 3.63) is 28.2 Å². The zero-order chi connectivity index (χ0) is 18.2. The van der Waals surface area contributed by atoms with E-state index in [9.17, 15) is 9.59 Å². The topological polar surface area (TPSA) is 82.4 Å². The van der Waals surface area contributed by atoms with Crippen molar-refractivity contribution in [1.29, 1.82) is 5.26 Å². The van der Waals surface area contributed by atoms with E-state index in [2.05, 4.69) is 5.32 Å². The summed E-state index contributed by atoms with van der Waals surface area (Å²) in [6.45, 7) is 1.70. The zero-order valence-electron chi connectivity index (χ0n) is 13.6. The van der Waals surface area contributed by atoms with Crippen molar-refractivity contribution in [2.75, 3.05) is 26.2 Å². The average molecular weight is 384 g/mol. The van der Waals surface area contributed by atoms with Gasteiger partial charge in [-0.05, 0) is 37.0 Å². The summed E-state index contributed by atoms with van der Waals surface area (Å²) < 4.78 is 5.47. The second-order valence-electron chi connectivity index (χ2n) is 5.83. The molecule has 0 radical (unpaired) electrons. The molecule has 134 valence electrons. The van der Waals surface area contributed by atoms with Gasteiger partial charge in [0, 0.05) is 24.7 Å². The van der Waals surface area contributed by atoms with Gasteiger partial charge in [-0.25, -0.2) is 0 Å². The Bertz CT molecular complexity index is 668. The number of piperidine rings is 1. The molecule has 1 aromatic rings. The van der Waals surface area contributed by atoms with Gasteiger partial charge < -0.3 is 15.0 Å². The molecule has 0 saturated carbocycles. The molecule has 0 aliphatic carbocycles. The fraction of sp³-hybridized carbons (Fsp3) is 0.471. The number of amides is 2. The first-order valence-corrected chi connectivity index (χ1v) is 8.74. The largest absolute Gasteiger partial charge is 0.482 e. The summed E-state index contributed by atoms with van der Waals surface area (Å²) in [6, 6.07) is 6.67. The summed E-state index contributed by atoms with van der Waals surface area (Å²) in [5.74, 6) is 0.389. The Morgan fingerprint density at radius 3 is 2.68 bits per heavy atom. The van der Waals surface area contributed by atoms with Gasteiger partial charge in [-0.1, -0.05) is 23.2 Å². The first-order chi connectivity index (χ1) is 12.0. The lowest BCUT2D eigenvalue weighted by Crippen LogP contribution is -2.43. The van der Waals surface area contributed by atoms with E-state index in [4.69, 9.17) is 33.2 Å². The average Bonchev–Trinajstić information content (AvgIpc) is 2.59. The Hall–Kier alpha value is -1.97. The van der Waals surface area contributed by atoms with Gasteiger partial charge in [0.05, 0.1) is 11.1 Å². The molecule has 8 heteroatoms. The Labute approximate surface area is 156 Å². The van der Waals surface area contributed by atoms with Gasteiger partial charge in [0.2, 0.25) is 5.91 Å². The fourth-order valence-electron chi connectivity index (χ4n) is 2.60. The van der Waals surface area contributed by atoms with Gasteiger partial charge in [0.25, 0.3) is 5.91 Å². The molecule has 0 atom stereocenters. The van der Waals surface area contributed by atoms with Gasteiger partial charge in [-0.2, -0.15) is 5.26 Å². The predicted octanol–water partition coefficient (Wildman–Crippen LogP) is 2.64. The van der Waals surface area contributed by atoms with E-state index in [1.807, 2.05) is 6.07 Å². The first-order valence-electron chi connectivity index (χ1n) is 7.99. The van der Waals surface area contributed by atoms with Gasteiger partial charge >= 0.3 is 0 Å². The van der Waals surface area contributed by atoms with Crippen LogP contribution in [0.2, 0.25) is 10.0 Å². The maximum atomic E-state index is 12.2. The lowest BCUT2D eigenvalue weighted by Gasteiger charge is -2.32. The Morgan fingerprint density at radius 2 is 2.04 bits per heavy atom. The number of halogens is 2. The maximum absolute atomic E-state index is 12.2. The molecule has 0 bridgehead atoms. The minimum atomic E-state index is -0.255. The van der Waals surface area contributed by atoms with Crippen molar-refractivity contribution in [1.82, 2.24) is 10.2 Å². The molecule has 1 aromatic carbocycles. The lowest BCUT2D eigenvalue weighted by atomic mass is 9.96. The van der Waals surface area contributed by atoms with Crippen LogP contribution in [-0.4, -0.2) is 43.0 Å². The number of nitrogens with zero attached hydrogens (tertiary/aromatic N) is 2. The van der Waals surface area contributed by atoms with E-state index in [1.54, 1.807) is 23.1 Å². The molecular weight excluding hydrogens is 365 g/mol. The smallest absolute Gasteiger partial charge is 0.260 e. The highest BCUT2D eigenvalue weighted by molar-refractivity contribution is 6.35. The number of rotatable bonds is 6. The summed E-state index contributed by atoms with van der Waals surface area (Å²) in [5.41, 5.74) is 0. The molecule has 0 spiro atoms. The Morgan fingerprint density at radius 1 is 1.32 bits per heavy atom. The highest BCUT2D eigenvalue weighted by Crippen LogP contribution is 2.27. The summed E-state index contributed by atoms with van der Waals surface area (Å²) in [5, 5.41) is 12.1. The monoisotopic (exact) mass is 383 g/mol. The summed E-state index contributed by atoms with van der Waals surface area (Å²) >= 11 is 11.8. The van der Waals surface area contributed by atoms with Crippen LogP contribution >= 0.6 is 23.2 Å². The molecule has 1 aliphatic rings. The molecule has 0 aromatic heterocycles. The van der Waals surface area contributed by atoms with Crippen LogP contribution in [0, 0.1) is 17.2 Å². The number of ether oxygens (including phenoxy) is 1. The van der Waals surface area contributed by atoms with Crippen molar-refractivity contribution in [3.8, 4) is 11.8 Å². The highest BCUT2D eigenvalue weighted by atomic mass is 35.5. The molecular formula is C17H19Cl2N3O3. The number of benzene rings is 1. The Balaban J connectivity index is 1.72. The second kappa shape index (κ2) is 9.50. The van der Waals surface area contributed by atoms with Gasteiger partial charge in [0.15, 0.2) is 6.61 Å². The number of nitriles is 1. The summed E-state index contributed by atoms with van der Waals surface area (Å²) in [7, 11) is 0. The number of hydrogen-bond acceptors (Lipinski definition) is 4. The minimum absolute atomic E-state index is 0.0784. The molecule has 6 nitrogen and oxygen atoms in total. The van der Waals surface area contributed by atoms with Crippen molar-refractivity contribution in [3.63, 3.8) is 0 Å². The third-order valence-electron chi connectivity index (χ3n) is 4.04. The van der Waals surface area contributed by atoms with Crippen LogP contribution < -0.4 is 10.1 Å². The van der Waals surface area contributed by atoms with Crippen LogP contribution in [0.15, 0.2) is 18.2 Å². The molecule has 1 saturated heterocycles. The molecule has 1 heterocycles. The van der Waals surface area contributed by atoms with E-state index in [0.29, 0.717) is 41.3 Å². The third-order valence-corrected chi connectivity index (χ3v) is 4.57. The van der Waals surface area contributed by atoms with Crippen LogP contribution in [0.3, 0.4) is 0 Å². The Kier molecular flexibility index (Phi) is 7.35. The van der Waals surface area contributed by atoms with Crippen LogP contribution in [0.25, 0.3) is 0 Å².